The van der Waals surface area contributed by atoms with Gasteiger partial charge in [0.25, 0.3) is 5.56 Å². The Balaban J connectivity index is 1.55. The minimum atomic E-state index is -0.0477. The molecule has 6 heteroatoms. The van der Waals surface area contributed by atoms with Crippen LogP contribution in [0.4, 0.5) is 0 Å². The van der Waals surface area contributed by atoms with Crippen molar-refractivity contribution in [2.24, 2.45) is 0 Å². The van der Waals surface area contributed by atoms with E-state index in [1.807, 2.05) is 66.7 Å². The van der Waals surface area contributed by atoms with Crippen molar-refractivity contribution in [3.8, 4) is 5.75 Å². The van der Waals surface area contributed by atoms with Gasteiger partial charge < -0.3 is 4.74 Å². The molecule has 2 aromatic heterocycles. The minimum Gasteiger partial charge on any atom is -0.488 e. The summed E-state index contributed by atoms with van der Waals surface area (Å²) >= 11 is 4.85. The molecule has 4 nitrogen and oxygen atoms in total. The fourth-order valence-corrected chi connectivity index (χ4v) is 4.77. The highest BCUT2D eigenvalue weighted by Crippen LogP contribution is 2.23. The van der Waals surface area contributed by atoms with Gasteiger partial charge in [-0.1, -0.05) is 57.6 Å². The zero-order valence-corrected chi connectivity index (χ0v) is 19.5. The molecule has 0 saturated heterocycles. The molecule has 2 heterocycles. The zero-order chi connectivity index (χ0) is 21.5. The predicted molar refractivity (Wildman–Crippen MR) is 130 cm³/mol. The molecular weight excluding hydrogens is 472 g/mol. The normalized spacial score (nSPS) is 12.2. The summed E-state index contributed by atoms with van der Waals surface area (Å²) in [6, 6.07) is 19.9. The van der Waals surface area contributed by atoms with Crippen LogP contribution in [0, 0.1) is 13.8 Å². The Labute approximate surface area is 191 Å². The monoisotopic (exact) mass is 490 g/mol. The van der Waals surface area contributed by atoms with Crippen LogP contribution in [0.25, 0.3) is 22.1 Å². The van der Waals surface area contributed by atoms with E-state index in [4.69, 9.17) is 4.74 Å². The van der Waals surface area contributed by atoms with Crippen molar-refractivity contribution in [3.05, 3.63) is 102 Å². The average molecular weight is 491 g/mol. The largest absolute Gasteiger partial charge is 0.488 e. The summed E-state index contributed by atoms with van der Waals surface area (Å²) in [5, 5.41) is 0. The highest BCUT2D eigenvalue weighted by Gasteiger charge is 2.13. The minimum absolute atomic E-state index is 0.0477. The number of aromatic nitrogens is 2. The SMILES string of the molecule is Cc1cc2nc3s/c(=C\c4ccccc4OCc4ccc(Br)cc4)c(=O)n3c2cc1C. The van der Waals surface area contributed by atoms with Gasteiger partial charge in [-0.3, -0.25) is 4.79 Å². The van der Waals surface area contributed by atoms with Crippen LogP contribution in [0.1, 0.15) is 22.3 Å². The van der Waals surface area contributed by atoms with Gasteiger partial charge in [-0.25, -0.2) is 9.38 Å². The Bertz CT molecular complexity index is 1530. The molecule has 0 fully saturated rings. The van der Waals surface area contributed by atoms with Crippen molar-refractivity contribution >= 4 is 49.3 Å². The third-order valence-electron chi connectivity index (χ3n) is 5.37. The lowest BCUT2D eigenvalue weighted by Gasteiger charge is -2.09. The van der Waals surface area contributed by atoms with Gasteiger partial charge in [-0.15, -0.1) is 0 Å². The number of aryl methyl sites for hydroxylation is 2. The summed E-state index contributed by atoms with van der Waals surface area (Å²) in [5.74, 6) is 0.743. The second-order valence-corrected chi connectivity index (χ2v) is 9.45. The van der Waals surface area contributed by atoms with E-state index < -0.39 is 0 Å². The highest BCUT2D eigenvalue weighted by molar-refractivity contribution is 9.10. The fraction of sp³-hybridized carbons (Fsp3) is 0.120. The maximum atomic E-state index is 13.2. The van der Waals surface area contributed by atoms with Gasteiger partial charge in [-0.2, -0.15) is 0 Å². The van der Waals surface area contributed by atoms with Gasteiger partial charge in [-0.05, 0) is 66.9 Å². The van der Waals surface area contributed by atoms with Crippen LogP contribution >= 0.6 is 27.3 Å². The first-order valence-electron chi connectivity index (χ1n) is 9.90. The molecule has 31 heavy (non-hydrogen) atoms. The number of fused-ring (bicyclic) bond motifs is 3. The molecule has 0 radical (unpaired) electrons. The zero-order valence-electron chi connectivity index (χ0n) is 17.1. The van der Waals surface area contributed by atoms with Crippen LogP contribution in [0.2, 0.25) is 0 Å². The van der Waals surface area contributed by atoms with Crippen LogP contribution in [-0.4, -0.2) is 9.38 Å². The molecule has 0 N–H and O–H groups in total. The van der Waals surface area contributed by atoms with E-state index in [1.165, 1.54) is 16.9 Å². The summed E-state index contributed by atoms with van der Waals surface area (Å²) in [6.07, 6.45) is 1.89. The van der Waals surface area contributed by atoms with Gasteiger partial charge in [0.15, 0.2) is 4.96 Å². The standard InChI is InChI=1S/C25H19BrN2O2S/c1-15-11-20-21(12-16(15)2)28-24(29)23(31-25(28)27-20)13-18-5-3-4-6-22(18)30-14-17-7-9-19(26)10-8-17/h3-13H,14H2,1-2H3/b23-13-. The molecule has 0 spiro atoms. The van der Waals surface area contributed by atoms with E-state index in [0.29, 0.717) is 16.1 Å². The smallest absolute Gasteiger partial charge is 0.274 e. The number of thiazole rings is 1. The highest BCUT2D eigenvalue weighted by atomic mass is 79.9. The van der Waals surface area contributed by atoms with E-state index in [1.54, 1.807) is 4.40 Å². The first kappa shape index (κ1) is 20.0. The Morgan fingerprint density at radius 3 is 2.61 bits per heavy atom. The number of nitrogens with zero attached hydrogens (tertiary/aromatic N) is 2. The molecule has 5 aromatic rings. The molecule has 0 aliphatic rings. The predicted octanol–water partition coefficient (Wildman–Crippen LogP) is 5.42. The van der Waals surface area contributed by atoms with Crippen molar-refractivity contribution in [2.45, 2.75) is 20.5 Å². The van der Waals surface area contributed by atoms with Crippen LogP contribution in [-0.2, 0) is 6.61 Å². The van der Waals surface area contributed by atoms with E-state index >= 15 is 0 Å². The van der Waals surface area contributed by atoms with Crippen LogP contribution in [0.5, 0.6) is 5.75 Å². The maximum absolute atomic E-state index is 13.2. The van der Waals surface area contributed by atoms with E-state index in [-0.39, 0.29) is 5.56 Å². The van der Waals surface area contributed by atoms with Crippen molar-refractivity contribution in [2.75, 3.05) is 0 Å². The molecule has 3 aromatic carbocycles. The number of hydrogen-bond donors (Lipinski definition) is 0. The van der Waals surface area contributed by atoms with Crippen LogP contribution in [0.15, 0.2) is 69.9 Å². The first-order valence-corrected chi connectivity index (χ1v) is 11.5. The van der Waals surface area contributed by atoms with E-state index in [9.17, 15) is 4.79 Å². The molecule has 0 bridgehead atoms. The number of benzene rings is 3. The lowest BCUT2D eigenvalue weighted by Crippen LogP contribution is -2.22. The van der Waals surface area contributed by atoms with Crippen molar-refractivity contribution < 1.29 is 4.74 Å². The van der Waals surface area contributed by atoms with Gasteiger partial charge in [0.1, 0.15) is 12.4 Å². The summed E-state index contributed by atoms with van der Waals surface area (Å²) in [5.41, 5.74) is 5.95. The molecule has 0 aliphatic carbocycles. The molecule has 0 saturated carbocycles. The van der Waals surface area contributed by atoms with Crippen molar-refractivity contribution in [1.82, 2.24) is 9.38 Å². The molecule has 0 aliphatic heterocycles. The first-order chi connectivity index (χ1) is 15.0. The lowest BCUT2D eigenvalue weighted by molar-refractivity contribution is 0.305. The molecule has 154 valence electrons. The summed E-state index contributed by atoms with van der Waals surface area (Å²) < 4.78 is 9.45. The molecule has 5 rings (SSSR count). The van der Waals surface area contributed by atoms with Crippen LogP contribution < -0.4 is 14.8 Å². The molecule has 0 atom stereocenters. The quantitative estimate of drug-likeness (QED) is 0.338. The Morgan fingerprint density at radius 1 is 1.06 bits per heavy atom. The number of rotatable bonds is 4. The Hall–Kier alpha value is -2.96. The number of hydrogen-bond acceptors (Lipinski definition) is 4. The topological polar surface area (TPSA) is 43.6 Å². The molecule has 0 unspecified atom stereocenters. The van der Waals surface area contributed by atoms with Gasteiger partial charge in [0, 0.05) is 10.0 Å². The van der Waals surface area contributed by atoms with E-state index in [2.05, 4.69) is 34.8 Å². The summed E-state index contributed by atoms with van der Waals surface area (Å²) in [7, 11) is 0. The van der Waals surface area contributed by atoms with Crippen molar-refractivity contribution in [1.29, 1.82) is 0 Å². The summed E-state index contributed by atoms with van der Waals surface area (Å²) in [6.45, 7) is 4.57. The van der Waals surface area contributed by atoms with Crippen molar-refractivity contribution in [3.63, 3.8) is 0 Å². The number of imidazole rings is 1. The summed E-state index contributed by atoms with van der Waals surface area (Å²) in [4.78, 5) is 18.6. The van der Waals surface area contributed by atoms with Gasteiger partial charge in [0.2, 0.25) is 0 Å². The van der Waals surface area contributed by atoms with E-state index in [0.717, 1.165) is 37.9 Å². The van der Waals surface area contributed by atoms with Crippen LogP contribution in [0.3, 0.4) is 0 Å². The number of halogens is 1. The maximum Gasteiger partial charge on any atom is 0.274 e. The second-order valence-electron chi connectivity index (χ2n) is 7.52. The fourth-order valence-electron chi connectivity index (χ4n) is 3.53. The lowest BCUT2D eigenvalue weighted by atomic mass is 10.1. The number of para-hydroxylation sites is 1. The molecular formula is C25H19BrN2O2S. The third-order valence-corrected chi connectivity index (χ3v) is 6.86. The second kappa shape index (κ2) is 7.94. The Morgan fingerprint density at radius 2 is 1.81 bits per heavy atom. The molecule has 0 amide bonds. The van der Waals surface area contributed by atoms with Gasteiger partial charge >= 0.3 is 0 Å². The number of ether oxygens (including phenoxy) is 1. The van der Waals surface area contributed by atoms with Gasteiger partial charge in [0.05, 0.1) is 15.6 Å². The average Bonchev–Trinajstić information content (AvgIpc) is 3.25. The Kier molecular flexibility index (Phi) is 5.12. The third kappa shape index (κ3) is 3.77.